The zero-order valence-corrected chi connectivity index (χ0v) is 8.02. The Labute approximate surface area is 78.7 Å². The fourth-order valence-electron chi connectivity index (χ4n) is 1.42. The highest BCUT2D eigenvalue weighted by atomic mass is 15.0. The van der Waals surface area contributed by atoms with E-state index in [1.54, 1.807) is 0 Å². The molecule has 0 radical (unpaired) electrons. The van der Waals surface area contributed by atoms with E-state index in [0.29, 0.717) is 0 Å². The van der Waals surface area contributed by atoms with Gasteiger partial charge in [0, 0.05) is 12.2 Å². The van der Waals surface area contributed by atoms with Gasteiger partial charge in [-0.1, -0.05) is 12.1 Å². The van der Waals surface area contributed by atoms with Crippen LogP contribution >= 0.6 is 0 Å². The van der Waals surface area contributed by atoms with Crippen molar-refractivity contribution in [3.63, 3.8) is 0 Å². The van der Waals surface area contributed by atoms with E-state index in [4.69, 9.17) is 0 Å². The van der Waals surface area contributed by atoms with Crippen molar-refractivity contribution in [2.24, 2.45) is 0 Å². The van der Waals surface area contributed by atoms with Crippen molar-refractivity contribution in [2.75, 3.05) is 17.2 Å². The molecule has 0 unspecified atom stereocenters. The fraction of sp³-hybridized carbons (Fsp3) is 0.273. The second-order valence-corrected chi connectivity index (χ2v) is 3.43. The predicted octanol–water partition coefficient (Wildman–Crippen LogP) is 2.82. The van der Waals surface area contributed by atoms with E-state index in [1.807, 2.05) is 12.1 Å². The fourth-order valence-corrected chi connectivity index (χ4v) is 1.42. The smallest absolute Gasteiger partial charge is 0.0617 e. The monoisotopic (exact) mass is 174 g/mol. The summed E-state index contributed by atoms with van der Waals surface area (Å²) in [5, 5.41) is 6.77. The lowest BCUT2D eigenvalue weighted by Crippen LogP contribution is -2.01. The summed E-state index contributed by atoms with van der Waals surface area (Å²) in [6.07, 6.45) is 0. The minimum Gasteiger partial charge on any atom is -0.380 e. The minimum atomic E-state index is 0.926. The first-order chi connectivity index (χ1) is 6.27. The first-order valence-corrected chi connectivity index (χ1v) is 4.53. The molecule has 0 amide bonds. The third kappa shape index (κ3) is 1.52. The van der Waals surface area contributed by atoms with Gasteiger partial charge in [0.25, 0.3) is 0 Å². The molecule has 0 aromatic heterocycles. The molecule has 0 fully saturated rings. The van der Waals surface area contributed by atoms with Gasteiger partial charge in [0.1, 0.15) is 0 Å². The van der Waals surface area contributed by atoms with Crippen LogP contribution in [0.4, 0.5) is 11.4 Å². The van der Waals surface area contributed by atoms with Crippen LogP contribution in [0.2, 0.25) is 0 Å². The first-order valence-electron chi connectivity index (χ1n) is 4.53. The van der Waals surface area contributed by atoms with Crippen molar-refractivity contribution < 1.29 is 0 Å². The van der Waals surface area contributed by atoms with Crippen LogP contribution in [0.15, 0.2) is 35.5 Å². The Morgan fingerprint density at radius 3 is 2.54 bits per heavy atom. The van der Waals surface area contributed by atoms with Crippen LogP contribution in [0.5, 0.6) is 0 Å². The summed E-state index contributed by atoms with van der Waals surface area (Å²) in [5.74, 6) is 0. The number of nitrogens with one attached hydrogen (secondary N) is 2. The lowest BCUT2D eigenvalue weighted by atomic mass is 10.2. The molecule has 2 nitrogen and oxygen atoms in total. The highest BCUT2D eigenvalue weighted by molar-refractivity contribution is 5.72. The Bertz CT molecular complexity index is 353. The highest BCUT2D eigenvalue weighted by Gasteiger charge is 2.07. The van der Waals surface area contributed by atoms with Crippen LogP contribution in [0.3, 0.4) is 0 Å². The first kappa shape index (κ1) is 8.17. The SMILES string of the molecule is CC1=C(C)Nc2ccccc2NC1. The van der Waals surface area contributed by atoms with Crippen LogP contribution < -0.4 is 10.6 Å². The molecular weight excluding hydrogens is 160 g/mol. The van der Waals surface area contributed by atoms with E-state index in [9.17, 15) is 0 Å². The highest BCUT2D eigenvalue weighted by Crippen LogP contribution is 2.25. The summed E-state index contributed by atoms with van der Waals surface area (Å²) in [7, 11) is 0. The van der Waals surface area contributed by atoms with Crippen molar-refractivity contribution in [3.8, 4) is 0 Å². The number of para-hydroxylation sites is 2. The molecule has 1 aliphatic rings. The van der Waals surface area contributed by atoms with Gasteiger partial charge in [-0.25, -0.2) is 0 Å². The Morgan fingerprint density at radius 1 is 1.08 bits per heavy atom. The van der Waals surface area contributed by atoms with Gasteiger partial charge in [0.2, 0.25) is 0 Å². The van der Waals surface area contributed by atoms with E-state index >= 15 is 0 Å². The number of allylic oxidation sites excluding steroid dienone is 1. The van der Waals surface area contributed by atoms with E-state index in [0.717, 1.165) is 12.2 Å². The average Bonchev–Trinajstić information content (AvgIpc) is 2.28. The average molecular weight is 174 g/mol. The molecular formula is C11H14N2. The molecule has 2 rings (SSSR count). The van der Waals surface area contributed by atoms with Crippen LogP contribution in [-0.4, -0.2) is 6.54 Å². The molecule has 1 heterocycles. The maximum atomic E-state index is 3.39. The zero-order chi connectivity index (χ0) is 9.26. The van der Waals surface area contributed by atoms with E-state index in [2.05, 4.69) is 36.6 Å². The van der Waals surface area contributed by atoms with Crippen LogP contribution in [0.25, 0.3) is 0 Å². The van der Waals surface area contributed by atoms with E-state index in [-0.39, 0.29) is 0 Å². The topological polar surface area (TPSA) is 24.1 Å². The molecule has 1 aromatic carbocycles. The number of fused-ring (bicyclic) bond motifs is 1. The number of benzene rings is 1. The number of hydrogen-bond donors (Lipinski definition) is 2. The summed E-state index contributed by atoms with van der Waals surface area (Å²) in [6.45, 7) is 5.18. The molecule has 1 aliphatic heterocycles. The van der Waals surface area contributed by atoms with E-state index in [1.165, 1.54) is 17.0 Å². The molecule has 2 heteroatoms. The molecule has 0 bridgehead atoms. The van der Waals surface area contributed by atoms with Gasteiger partial charge in [0.15, 0.2) is 0 Å². The molecule has 68 valence electrons. The van der Waals surface area contributed by atoms with Crippen molar-refractivity contribution in [1.82, 2.24) is 0 Å². The Morgan fingerprint density at radius 2 is 1.77 bits per heavy atom. The predicted molar refractivity (Wildman–Crippen MR) is 56.9 cm³/mol. The maximum absolute atomic E-state index is 3.39. The van der Waals surface area contributed by atoms with Crippen molar-refractivity contribution in [1.29, 1.82) is 0 Å². The third-order valence-corrected chi connectivity index (χ3v) is 2.43. The molecule has 0 saturated heterocycles. The van der Waals surface area contributed by atoms with Crippen molar-refractivity contribution in [3.05, 3.63) is 35.5 Å². The normalized spacial score (nSPS) is 15.5. The van der Waals surface area contributed by atoms with Crippen LogP contribution in [0.1, 0.15) is 13.8 Å². The zero-order valence-electron chi connectivity index (χ0n) is 8.02. The van der Waals surface area contributed by atoms with Gasteiger partial charge in [-0.15, -0.1) is 0 Å². The Hall–Kier alpha value is -1.44. The quantitative estimate of drug-likeness (QED) is 0.632. The standard InChI is InChI=1S/C11H14N2/c1-8-7-12-10-5-3-4-6-11(10)13-9(8)2/h3-6,12-13H,7H2,1-2H3. The van der Waals surface area contributed by atoms with Crippen molar-refractivity contribution >= 4 is 11.4 Å². The summed E-state index contributed by atoms with van der Waals surface area (Å²) in [6, 6.07) is 8.27. The van der Waals surface area contributed by atoms with Crippen molar-refractivity contribution in [2.45, 2.75) is 13.8 Å². The summed E-state index contributed by atoms with van der Waals surface area (Å²) in [4.78, 5) is 0. The third-order valence-electron chi connectivity index (χ3n) is 2.43. The molecule has 2 N–H and O–H groups in total. The lowest BCUT2D eigenvalue weighted by molar-refractivity contribution is 1.17. The molecule has 0 saturated carbocycles. The van der Waals surface area contributed by atoms with E-state index < -0.39 is 0 Å². The molecule has 0 aliphatic carbocycles. The lowest BCUT2D eigenvalue weighted by Gasteiger charge is -2.07. The molecule has 0 atom stereocenters. The summed E-state index contributed by atoms with van der Waals surface area (Å²) >= 11 is 0. The van der Waals surface area contributed by atoms with Gasteiger partial charge in [-0.05, 0) is 31.6 Å². The number of anilines is 2. The van der Waals surface area contributed by atoms with Gasteiger partial charge in [-0.3, -0.25) is 0 Å². The summed E-state index contributed by atoms with van der Waals surface area (Å²) in [5.41, 5.74) is 4.95. The van der Waals surface area contributed by atoms with Crippen LogP contribution in [0, 0.1) is 0 Å². The second kappa shape index (κ2) is 3.13. The number of rotatable bonds is 0. The number of hydrogen-bond acceptors (Lipinski definition) is 2. The van der Waals surface area contributed by atoms with Gasteiger partial charge >= 0.3 is 0 Å². The molecule has 1 aromatic rings. The summed E-state index contributed by atoms with van der Waals surface area (Å²) < 4.78 is 0. The van der Waals surface area contributed by atoms with Gasteiger partial charge < -0.3 is 10.6 Å². The minimum absolute atomic E-state index is 0.926. The van der Waals surface area contributed by atoms with Gasteiger partial charge in [0.05, 0.1) is 11.4 Å². The second-order valence-electron chi connectivity index (χ2n) is 3.43. The molecule has 13 heavy (non-hydrogen) atoms. The Kier molecular flexibility index (Phi) is 1.97. The Balaban J connectivity index is 2.39. The largest absolute Gasteiger partial charge is 0.380 e. The molecule has 0 spiro atoms. The van der Waals surface area contributed by atoms with Crippen LogP contribution in [-0.2, 0) is 0 Å². The van der Waals surface area contributed by atoms with Gasteiger partial charge in [-0.2, -0.15) is 0 Å². The maximum Gasteiger partial charge on any atom is 0.0617 e.